The molecule has 4 aliphatic rings. The van der Waals surface area contributed by atoms with Gasteiger partial charge in [-0.25, -0.2) is 0 Å². The number of anilines is 1. The van der Waals surface area contributed by atoms with E-state index in [0.717, 1.165) is 24.6 Å². The van der Waals surface area contributed by atoms with E-state index in [-0.39, 0.29) is 17.7 Å². The highest BCUT2D eigenvalue weighted by atomic mass is 16.2. The Morgan fingerprint density at radius 2 is 1.71 bits per heavy atom. The van der Waals surface area contributed by atoms with Crippen LogP contribution in [-0.4, -0.2) is 62.5 Å². The van der Waals surface area contributed by atoms with Crippen LogP contribution in [0.2, 0.25) is 0 Å². The lowest BCUT2D eigenvalue weighted by Crippen LogP contribution is -2.71. The van der Waals surface area contributed by atoms with E-state index in [9.17, 15) is 9.59 Å². The van der Waals surface area contributed by atoms with Crippen molar-refractivity contribution in [1.82, 2.24) is 15.5 Å². The van der Waals surface area contributed by atoms with Gasteiger partial charge in [0.2, 0.25) is 11.8 Å². The van der Waals surface area contributed by atoms with Crippen LogP contribution in [0.25, 0.3) is 0 Å². The maximum atomic E-state index is 12.1. The lowest BCUT2D eigenvalue weighted by molar-refractivity contribution is -0.134. The first kappa shape index (κ1) is 18.1. The van der Waals surface area contributed by atoms with Gasteiger partial charge in [-0.1, -0.05) is 12.1 Å². The number of carbonyl (C=O) groups is 2. The van der Waals surface area contributed by atoms with Crippen molar-refractivity contribution in [2.75, 3.05) is 50.7 Å². The van der Waals surface area contributed by atoms with Crippen molar-refractivity contribution in [2.45, 2.75) is 31.6 Å². The first-order chi connectivity index (χ1) is 13.6. The lowest BCUT2D eigenvalue weighted by Gasteiger charge is -2.57. The molecule has 4 heterocycles. The van der Waals surface area contributed by atoms with Crippen molar-refractivity contribution in [2.24, 2.45) is 11.3 Å². The molecule has 4 aliphatic heterocycles. The Kier molecular flexibility index (Phi) is 4.63. The number of carbonyl (C=O) groups excluding carboxylic acids is 2. The standard InChI is InChI=1S/C22H30N4O2/c27-20-6-5-19(21(28)24-20)17-1-3-18(4-2-17)26-9-7-16(8-10-26)11-25-14-22(15-25)12-23-13-22/h1-4,16,19,23H,5-15H2,(H,24,27,28)/t19-/m0/s1. The van der Waals surface area contributed by atoms with Crippen LogP contribution in [0.1, 0.15) is 37.2 Å². The number of piperidine rings is 2. The zero-order valence-corrected chi connectivity index (χ0v) is 16.5. The van der Waals surface area contributed by atoms with Crippen LogP contribution >= 0.6 is 0 Å². The molecule has 150 valence electrons. The highest BCUT2D eigenvalue weighted by molar-refractivity contribution is 6.00. The number of hydrogen-bond acceptors (Lipinski definition) is 5. The van der Waals surface area contributed by atoms with Crippen LogP contribution in [0.5, 0.6) is 0 Å². The third-order valence-corrected chi connectivity index (χ3v) is 7.15. The Labute approximate surface area is 166 Å². The monoisotopic (exact) mass is 382 g/mol. The molecule has 1 aromatic rings. The van der Waals surface area contributed by atoms with Crippen molar-refractivity contribution in [3.63, 3.8) is 0 Å². The second-order valence-corrected chi connectivity index (χ2v) is 9.30. The molecule has 6 nitrogen and oxygen atoms in total. The minimum atomic E-state index is -0.192. The largest absolute Gasteiger partial charge is 0.372 e. The molecular formula is C22H30N4O2. The second kappa shape index (κ2) is 7.16. The Morgan fingerprint density at radius 3 is 2.32 bits per heavy atom. The van der Waals surface area contributed by atoms with Gasteiger partial charge in [0, 0.05) is 63.3 Å². The van der Waals surface area contributed by atoms with Gasteiger partial charge in [0.05, 0.1) is 5.92 Å². The predicted octanol–water partition coefficient (Wildman–Crippen LogP) is 1.33. The second-order valence-electron chi connectivity index (χ2n) is 9.30. The quantitative estimate of drug-likeness (QED) is 0.769. The van der Waals surface area contributed by atoms with E-state index in [0.29, 0.717) is 18.3 Å². The van der Waals surface area contributed by atoms with Crippen molar-refractivity contribution >= 4 is 17.5 Å². The average molecular weight is 383 g/mol. The van der Waals surface area contributed by atoms with Gasteiger partial charge in [0.25, 0.3) is 0 Å². The molecule has 5 rings (SSSR count). The number of nitrogens with one attached hydrogen (secondary N) is 2. The third kappa shape index (κ3) is 3.44. The number of rotatable bonds is 4. The normalized spacial score (nSPS) is 28.0. The number of nitrogens with zero attached hydrogens (tertiary/aromatic N) is 2. The summed E-state index contributed by atoms with van der Waals surface area (Å²) in [7, 11) is 0. The zero-order valence-electron chi connectivity index (χ0n) is 16.5. The summed E-state index contributed by atoms with van der Waals surface area (Å²) in [6.45, 7) is 8.52. The van der Waals surface area contributed by atoms with Gasteiger partial charge in [-0.3, -0.25) is 14.9 Å². The molecule has 0 radical (unpaired) electrons. The molecule has 0 aromatic heterocycles. The molecule has 2 N–H and O–H groups in total. The van der Waals surface area contributed by atoms with Crippen LogP contribution < -0.4 is 15.5 Å². The van der Waals surface area contributed by atoms with Crippen LogP contribution in [0.15, 0.2) is 24.3 Å². The molecule has 0 aliphatic carbocycles. The van der Waals surface area contributed by atoms with Gasteiger partial charge >= 0.3 is 0 Å². The van der Waals surface area contributed by atoms with Crippen LogP contribution in [-0.2, 0) is 9.59 Å². The van der Waals surface area contributed by atoms with Crippen LogP contribution in [0.3, 0.4) is 0 Å². The smallest absolute Gasteiger partial charge is 0.234 e. The van der Waals surface area contributed by atoms with Gasteiger partial charge in [-0.15, -0.1) is 0 Å². The van der Waals surface area contributed by atoms with E-state index < -0.39 is 0 Å². The van der Waals surface area contributed by atoms with Crippen LogP contribution in [0, 0.1) is 11.3 Å². The van der Waals surface area contributed by atoms with Gasteiger partial charge in [0.15, 0.2) is 0 Å². The van der Waals surface area contributed by atoms with E-state index in [1.54, 1.807) is 0 Å². The summed E-state index contributed by atoms with van der Waals surface area (Å²) in [5.74, 6) is 0.321. The molecule has 1 aromatic carbocycles. The fourth-order valence-electron chi connectivity index (χ4n) is 5.40. The Bertz CT molecular complexity index is 742. The summed E-state index contributed by atoms with van der Waals surface area (Å²) >= 11 is 0. The maximum Gasteiger partial charge on any atom is 0.234 e. The molecule has 6 heteroatoms. The van der Waals surface area contributed by atoms with Crippen molar-refractivity contribution in [3.8, 4) is 0 Å². The van der Waals surface area contributed by atoms with Crippen molar-refractivity contribution in [3.05, 3.63) is 29.8 Å². The molecule has 4 saturated heterocycles. The number of likely N-dealkylation sites (tertiary alicyclic amines) is 1. The van der Waals surface area contributed by atoms with E-state index >= 15 is 0 Å². The minimum Gasteiger partial charge on any atom is -0.372 e. The molecule has 4 fully saturated rings. The average Bonchev–Trinajstić information content (AvgIpc) is 2.64. The van der Waals surface area contributed by atoms with E-state index in [1.165, 1.54) is 51.3 Å². The predicted molar refractivity (Wildman–Crippen MR) is 108 cm³/mol. The summed E-state index contributed by atoms with van der Waals surface area (Å²) < 4.78 is 0. The van der Waals surface area contributed by atoms with Gasteiger partial charge < -0.3 is 15.1 Å². The summed E-state index contributed by atoms with van der Waals surface area (Å²) in [5.41, 5.74) is 2.89. The molecule has 2 amide bonds. The highest BCUT2D eigenvalue weighted by Crippen LogP contribution is 2.36. The number of amides is 2. The molecule has 1 spiro atoms. The summed E-state index contributed by atoms with van der Waals surface area (Å²) in [5, 5.41) is 5.86. The van der Waals surface area contributed by atoms with Crippen molar-refractivity contribution < 1.29 is 9.59 Å². The number of benzene rings is 1. The van der Waals surface area contributed by atoms with Gasteiger partial charge in [0.1, 0.15) is 0 Å². The SMILES string of the molecule is O=C1CC[C@@H](c2ccc(N3CCC(CN4CC5(CNC5)C4)CC3)cc2)C(=O)N1. The van der Waals surface area contributed by atoms with E-state index in [4.69, 9.17) is 0 Å². The maximum absolute atomic E-state index is 12.1. The van der Waals surface area contributed by atoms with Gasteiger partial charge in [-0.05, 0) is 42.9 Å². The molecule has 0 bridgehead atoms. The minimum absolute atomic E-state index is 0.154. The fourth-order valence-corrected chi connectivity index (χ4v) is 5.40. The first-order valence-electron chi connectivity index (χ1n) is 10.7. The van der Waals surface area contributed by atoms with E-state index in [1.807, 2.05) is 0 Å². The first-order valence-corrected chi connectivity index (χ1v) is 10.7. The van der Waals surface area contributed by atoms with Crippen LogP contribution in [0.4, 0.5) is 5.69 Å². The Morgan fingerprint density at radius 1 is 1.00 bits per heavy atom. The zero-order chi connectivity index (χ0) is 19.1. The van der Waals surface area contributed by atoms with E-state index in [2.05, 4.69) is 44.7 Å². The molecule has 1 atom stereocenters. The topological polar surface area (TPSA) is 64.7 Å². The lowest BCUT2D eigenvalue weighted by atomic mass is 9.74. The highest BCUT2D eigenvalue weighted by Gasteiger charge is 2.47. The summed E-state index contributed by atoms with van der Waals surface area (Å²) in [6, 6.07) is 8.41. The molecular weight excluding hydrogens is 352 g/mol. The molecule has 0 unspecified atom stereocenters. The molecule has 0 saturated carbocycles. The Hall–Kier alpha value is -1.92. The number of hydrogen-bond donors (Lipinski definition) is 2. The summed E-state index contributed by atoms with van der Waals surface area (Å²) in [4.78, 5) is 28.5. The summed E-state index contributed by atoms with van der Waals surface area (Å²) in [6.07, 6.45) is 3.57. The third-order valence-electron chi connectivity index (χ3n) is 7.15. The van der Waals surface area contributed by atoms with Crippen molar-refractivity contribution in [1.29, 1.82) is 0 Å². The van der Waals surface area contributed by atoms with Gasteiger partial charge in [-0.2, -0.15) is 0 Å². The Balaban J connectivity index is 1.11. The molecule has 28 heavy (non-hydrogen) atoms. The number of imide groups is 1. The fraction of sp³-hybridized carbons (Fsp3) is 0.636.